The average Bonchev–Trinajstić information content (AvgIpc) is 3.72. The number of aromatic amines is 1. The smallest absolute Gasteiger partial charge is 0.236 e. The molecule has 0 bridgehead atoms. The number of amides is 1. The Morgan fingerprint density at radius 3 is 2.45 bits per heavy atom. The first kappa shape index (κ1) is 26.9. The lowest BCUT2D eigenvalue weighted by atomic mass is 9.87. The second-order valence-electron chi connectivity index (χ2n) is 11.2. The highest BCUT2D eigenvalue weighted by atomic mass is 16.5. The van der Waals surface area contributed by atoms with Crippen molar-refractivity contribution in [1.29, 1.82) is 0 Å². The molecule has 208 valence electrons. The zero-order valence-corrected chi connectivity index (χ0v) is 23.4. The number of aromatic nitrogens is 4. The van der Waals surface area contributed by atoms with Crippen LogP contribution in [0.5, 0.6) is 0 Å². The van der Waals surface area contributed by atoms with Gasteiger partial charge in [0, 0.05) is 62.7 Å². The van der Waals surface area contributed by atoms with E-state index in [1.807, 2.05) is 19.1 Å². The predicted octanol–water partition coefficient (Wildman–Crippen LogP) is 4.18. The summed E-state index contributed by atoms with van der Waals surface area (Å²) in [4.78, 5) is 29.8. The number of ether oxygens (including phenoxy) is 1. The van der Waals surface area contributed by atoms with Crippen LogP contribution in [0.3, 0.4) is 0 Å². The molecular formula is C28H44N8O2. The van der Waals surface area contributed by atoms with E-state index in [1.54, 1.807) is 0 Å². The van der Waals surface area contributed by atoms with Crippen LogP contribution in [-0.2, 0) is 9.53 Å². The summed E-state index contributed by atoms with van der Waals surface area (Å²) in [6.07, 6.45) is 8.32. The molecule has 3 fully saturated rings. The van der Waals surface area contributed by atoms with E-state index in [1.165, 1.54) is 0 Å². The SMILES string of the molecule is CC[C@@H]1C[C@@H](N(C)c2nc(Nc3cc(C)[nH]n3)cc(C3CCCO3)n2)C[C@H](CC)N1CC(=O)N1CCCC1. The molecule has 0 aromatic carbocycles. The molecule has 3 aliphatic heterocycles. The van der Waals surface area contributed by atoms with Gasteiger partial charge in [0.2, 0.25) is 11.9 Å². The van der Waals surface area contributed by atoms with E-state index in [2.05, 4.69) is 51.1 Å². The molecule has 5 heterocycles. The summed E-state index contributed by atoms with van der Waals surface area (Å²) in [5, 5.41) is 10.7. The van der Waals surface area contributed by atoms with Gasteiger partial charge in [0.05, 0.1) is 18.3 Å². The van der Waals surface area contributed by atoms with Gasteiger partial charge in [0.1, 0.15) is 5.82 Å². The molecule has 2 N–H and O–H groups in total. The molecule has 2 aromatic rings. The topological polar surface area (TPSA) is 103 Å². The van der Waals surface area contributed by atoms with E-state index < -0.39 is 0 Å². The fraction of sp³-hybridized carbons (Fsp3) is 0.714. The first-order valence-corrected chi connectivity index (χ1v) is 14.5. The number of aryl methyl sites for hydroxylation is 1. The molecule has 10 nitrogen and oxygen atoms in total. The van der Waals surface area contributed by atoms with Crippen molar-refractivity contribution in [3.05, 3.63) is 23.5 Å². The Morgan fingerprint density at radius 1 is 1.11 bits per heavy atom. The lowest BCUT2D eigenvalue weighted by Crippen LogP contribution is -2.56. The molecule has 10 heteroatoms. The normalized spacial score (nSPS) is 26.2. The average molecular weight is 525 g/mol. The van der Waals surface area contributed by atoms with Crippen molar-refractivity contribution in [2.24, 2.45) is 0 Å². The third-order valence-corrected chi connectivity index (χ3v) is 8.56. The molecule has 0 saturated carbocycles. The van der Waals surface area contributed by atoms with Gasteiger partial charge in [-0.3, -0.25) is 14.8 Å². The minimum absolute atomic E-state index is 0.00292. The summed E-state index contributed by atoms with van der Waals surface area (Å²) in [7, 11) is 2.12. The minimum atomic E-state index is -0.00292. The maximum absolute atomic E-state index is 13.1. The van der Waals surface area contributed by atoms with E-state index in [4.69, 9.17) is 14.7 Å². The van der Waals surface area contributed by atoms with Crippen molar-refractivity contribution in [1.82, 2.24) is 30.0 Å². The fourth-order valence-corrected chi connectivity index (χ4v) is 6.32. The van der Waals surface area contributed by atoms with Crippen LogP contribution in [0.25, 0.3) is 0 Å². The molecule has 0 spiro atoms. The number of carbonyl (C=O) groups is 1. The van der Waals surface area contributed by atoms with Crippen molar-refractivity contribution < 1.29 is 9.53 Å². The van der Waals surface area contributed by atoms with Crippen LogP contribution in [0, 0.1) is 6.92 Å². The summed E-state index contributed by atoms with van der Waals surface area (Å²) in [6, 6.07) is 4.97. The number of hydrogen-bond acceptors (Lipinski definition) is 8. The van der Waals surface area contributed by atoms with Gasteiger partial charge in [-0.05, 0) is 58.3 Å². The van der Waals surface area contributed by atoms with Crippen LogP contribution >= 0.6 is 0 Å². The summed E-state index contributed by atoms with van der Waals surface area (Å²) in [6.45, 7) is 9.61. The first-order chi connectivity index (χ1) is 18.4. The van der Waals surface area contributed by atoms with Gasteiger partial charge < -0.3 is 19.9 Å². The Morgan fingerprint density at radius 2 is 1.84 bits per heavy atom. The largest absolute Gasteiger partial charge is 0.372 e. The van der Waals surface area contributed by atoms with Gasteiger partial charge in [0.15, 0.2) is 5.82 Å². The Kier molecular flexibility index (Phi) is 8.48. The maximum atomic E-state index is 13.1. The van der Waals surface area contributed by atoms with Gasteiger partial charge in [-0.1, -0.05) is 13.8 Å². The molecule has 3 saturated heterocycles. The van der Waals surface area contributed by atoms with Crippen molar-refractivity contribution >= 4 is 23.5 Å². The van der Waals surface area contributed by atoms with E-state index in [-0.39, 0.29) is 6.10 Å². The van der Waals surface area contributed by atoms with Gasteiger partial charge in [-0.2, -0.15) is 10.1 Å². The first-order valence-electron chi connectivity index (χ1n) is 14.5. The maximum Gasteiger partial charge on any atom is 0.236 e. The second-order valence-corrected chi connectivity index (χ2v) is 11.2. The number of carbonyl (C=O) groups excluding carboxylic acids is 1. The Labute approximate surface area is 226 Å². The molecule has 1 amide bonds. The van der Waals surface area contributed by atoms with E-state index in [9.17, 15) is 4.79 Å². The Bertz CT molecular complexity index is 1060. The number of likely N-dealkylation sites (tertiary alicyclic amines) is 2. The van der Waals surface area contributed by atoms with Crippen LogP contribution in [0.15, 0.2) is 12.1 Å². The molecule has 38 heavy (non-hydrogen) atoms. The molecule has 4 atom stereocenters. The van der Waals surface area contributed by atoms with Gasteiger partial charge >= 0.3 is 0 Å². The number of rotatable bonds is 9. The summed E-state index contributed by atoms with van der Waals surface area (Å²) in [5.41, 5.74) is 1.91. The van der Waals surface area contributed by atoms with Crippen molar-refractivity contribution in [2.75, 3.05) is 43.5 Å². The van der Waals surface area contributed by atoms with E-state index in [0.717, 1.165) is 94.1 Å². The molecule has 0 aliphatic carbocycles. The van der Waals surface area contributed by atoms with E-state index >= 15 is 0 Å². The van der Waals surface area contributed by atoms with Gasteiger partial charge in [-0.15, -0.1) is 0 Å². The predicted molar refractivity (Wildman–Crippen MR) is 149 cm³/mol. The van der Waals surface area contributed by atoms with Crippen LogP contribution < -0.4 is 10.2 Å². The van der Waals surface area contributed by atoms with Crippen molar-refractivity contribution in [3.8, 4) is 0 Å². The summed E-state index contributed by atoms with van der Waals surface area (Å²) in [5.74, 6) is 2.47. The number of nitrogens with zero attached hydrogens (tertiary/aromatic N) is 6. The lowest BCUT2D eigenvalue weighted by molar-refractivity contribution is -0.133. The van der Waals surface area contributed by atoms with Crippen molar-refractivity contribution in [3.63, 3.8) is 0 Å². The molecule has 5 rings (SSSR count). The Hall–Kier alpha value is -2.72. The molecule has 3 aliphatic rings. The molecule has 0 radical (unpaired) electrons. The van der Waals surface area contributed by atoms with Crippen LogP contribution in [0.2, 0.25) is 0 Å². The van der Waals surface area contributed by atoms with Crippen LogP contribution in [0.4, 0.5) is 17.6 Å². The fourth-order valence-electron chi connectivity index (χ4n) is 6.32. The van der Waals surface area contributed by atoms with Gasteiger partial charge in [0.25, 0.3) is 0 Å². The number of piperidine rings is 1. The zero-order valence-electron chi connectivity index (χ0n) is 23.4. The number of H-pyrrole nitrogens is 1. The zero-order chi connectivity index (χ0) is 26.6. The third kappa shape index (κ3) is 5.96. The van der Waals surface area contributed by atoms with Crippen LogP contribution in [-0.4, -0.2) is 87.3 Å². The van der Waals surface area contributed by atoms with Crippen molar-refractivity contribution in [2.45, 2.75) is 96.4 Å². The quantitative estimate of drug-likeness (QED) is 0.504. The number of nitrogens with one attached hydrogen (secondary N) is 2. The standard InChI is InChI=1S/C28H44N8O2/c1-5-20-15-22(16-21(6-2)36(20)18-27(37)35-11-7-8-12-35)34(4)28-29-23(24-10-9-13-38-24)17-25(31-28)30-26-14-19(3)32-33-26/h14,17,20-22,24H,5-13,15-16,18H2,1-4H3,(H2,29,30,31,32,33)/t20-,21+,22-,24?. The second kappa shape index (κ2) is 12.0. The highest BCUT2D eigenvalue weighted by Gasteiger charge is 2.38. The highest BCUT2D eigenvalue weighted by molar-refractivity contribution is 5.78. The lowest BCUT2D eigenvalue weighted by Gasteiger charge is -2.47. The van der Waals surface area contributed by atoms with Crippen LogP contribution in [0.1, 0.15) is 82.7 Å². The highest BCUT2D eigenvalue weighted by Crippen LogP contribution is 2.34. The molecular weight excluding hydrogens is 480 g/mol. The minimum Gasteiger partial charge on any atom is -0.372 e. The molecule has 1 unspecified atom stereocenters. The molecule has 2 aromatic heterocycles. The number of anilines is 3. The van der Waals surface area contributed by atoms with Gasteiger partial charge in [-0.25, -0.2) is 4.98 Å². The van der Waals surface area contributed by atoms with E-state index in [0.29, 0.717) is 36.5 Å². The Balaban J connectivity index is 1.36. The summed E-state index contributed by atoms with van der Waals surface area (Å²) >= 11 is 0. The summed E-state index contributed by atoms with van der Waals surface area (Å²) < 4.78 is 5.99. The third-order valence-electron chi connectivity index (χ3n) is 8.56. The number of hydrogen-bond donors (Lipinski definition) is 2. The monoisotopic (exact) mass is 524 g/mol.